The number of benzene rings is 1. The first-order valence-electron chi connectivity index (χ1n) is 13.2. The maximum Gasteiger partial charge on any atom is 0.332 e. The molecule has 1 aromatic heterocycles. The molecule has 0 bridgehead atoms. The number of pyridine rings is 1. The molecule has 198 valence electrons. The van der Waals surface area contributed by atoms with Gasteiger partial charge < -0.3 is 15.0 Å². The number of hydrogen-bond acceptors (Lipinski definition) is 6. The number of likely N-dealkylation sites (N-methyl/N-ethyl adjacent to an activating group) is 1. The van der Waals surface area contributed by atoms with Crippen LogP contribution in [0.5, 0.6) is 5.88 Å². The highest BCUT2D eigenvalue weighted by Crippen LogP contribution is 2.40. The summed E-state index contributed by atoms with van der Waals surface area (Å²) in [6.45, 7) is 4.45. The third kappa shape index (κ3) is 5.83. The number of carbonyl (C=O) groups excluding carboxylic acids is 1. The molecule has 1 saturated carbocycles. The van der Waals surface area contributed by atoms with E-state index >= 15 is 0 Å². The average molecular weight is 525 g/mol. The summed E-state index contributed by atoms with van der Waals surface area (Å²) >= 11 is 0. The Morgan fingerprint density at radius 2 is 2.00 bits per heavy atom. The summed E-state index contributed by atoms with van der Waals surface area (Å²) in [6.07, 6.45) is 10.7. The number of nitrogens with one attached hydrogen (secondary N) is 2. The summed E-state index contributed by atoms with van der Waals surface area (Å²) in [5.41, 5.74) is 6.96. The smallest absolute Gasteiger partial charge is 0.332 e. The standard InChI is InChI=1S/C28H36N4O4S/c1-19-15-21-8-5-11-24(21)27(30-28(33)31-37(34,35)23-9-3-4-10-23)26(19)22-12-13-29-25(16-22)36-18-20-7-6-14-32(2)17-20/h7,12-13,15-16,23H,3-6,8-11,14,17-18H2,1-2H3,(H2,30,31,33). The van der Waals surface area contributed by atoms with Crippen LogP contribution in [0.15, 0.2) is 36.0 Å². The molecule has 2 aliphatic carbocycles. The van der Waals surface area contributed by atoms with Crippen LogP contribution in [0.4, 0.5) is 10.5 Å². The first-order chi connectivity index (χ1) is 17.8. The lowest BCUT2D eigenvalue weighted by Crippen LogP contribution is -2.40. The number of amides is 2. The second-order valence-corrected chi connectivity index (χ2v) is 12.5. The highest BCUT2D eigenvalue weighted by Gasteiger charge is 2.31. The lowest BCUT2D eigenvalue weighted by molar-refractivity contribution is 0.256. The van der Waals surface area contributed by atoms with Gasteiger partial charge in [0.1, 0.15) is 6.61 Å². The van der Waals surface area contributed by atoms with E-state index in [-0.39, 0.29) is 0 Å². The monoisotopic (exact) mass is 524 g/mol. The van der Waals surface area contributed by atoms with E-state index in [2.05, 4.69) is 39.1 Å². The van der Waals surface area contributed by atoms with Crippen LogP contribution in [0.2, 0.25) is 0 Å². The highest BCUT2D eigenvalue weighted by molar-refractivity contribution is 7.90. The minimum Gasteiger partial charge on any atom is -0.473 e. The van der Waals surface area contributed by atoms with Gasteiger partial charge in [0.05, 0.1) is 10.9 Å². The number of anilines is 1. The van der Waals surface area contributed by atoms with Crippen LogP contribution in [0, 0.1) is 6.92 Å². The molecule has 0 spiro atoms. The molecule has 1 fully saturated rings. The van der Waals surface area contributed by atoms with E-state index in [4.69, 9.17) is 4.74 Å². The highest BCUT2D eigenvalue weighted by atomic mass is 32.2. The number of sulfonamides is 1. The number of ether oxygens (including phenoxy) is 1. The van der Waals surface area contributed by atoms with Crippen LogP contribution in [0.3, 0.4) is 0 Å². The molecule has 2 heterocycles. The summed E-state index contributed by atoms with van der Waals surface area (Å²) in [4.78, 5) is 19.7. The van der Waals surface area contributed by atoms with Crippen LogP contribution in [-0.2, 0) is 22.9 Å². The zero-order chi connectivity index (χ0) is 26.0. The average Bonchev–Trinajstić information content (AvgIpc) is 3.56. The molecule has 0 radical (unpaired) electrons. The van der Waals surface area contributed by atoms with Gasteiger partial charge in [0.15, 0.2) is 0 Å². The normalized spacial score (nSPS) is 18.4. The predicted molar refractivity (Wildman–Crippen MR) is 145 cm³/mol. The molecule has 2 aromatic rings. The van der Waals surface area contributed by atoms with E-state index in [1.165, 1.54) is 11.1 Å². The molecule has 2 N–H and O–H groups in total. The van der Waals surface area contributed by atoms with Crippen molar-refractivity contribution in [3.8, 4) is 17.0 Å². The molecule has 2 amide bonds. The number of aryl methyl sites for hydroxylation is 2. The van der Waals surface area contributed by atoms with E-state index in [0.717, 1.165) is 73.9 Å². The van der Waals surface area contributed by atoms with Crippen LogP contribution in [0.25, 0.3) is 11.1 Å². The first kappa shape index (κ1) is 25.7. The summed E-state index contributed by atoms with van der Waals surface area (Å²) in [5.74, 6) is 0.519. The Balaban J connectivity index is 1.41. The van der Waals surface area contributed by atoms with Gasteiger partial charge in [-0.25, -0.2) is 22.9 Å². The third-order valence-electron chi connectivity index (χ3n) is 7.66. The Morgan fingerprint density at radius 1 is 1.19 bits per heavy atom. The Labute approximate surface area is 219 Å². The molecule has 1 aromatic carbocycles. The Hall–Kier alpha value is -2.91. The number of carbonyl (C=O) groups is 1. The van der Waals surface area contributed by atoms with Crippen molar-refractivity contribution in [2.45, 2.75) is 63.5 Å². The van der Waals surface area contributed by atoms with Gasteiger partial charge in [0.2, 0.25) is 15.9 Å². The van der Waals surface area contributed by atoms with Gasteiger partial charge in [-0.1, -0.05) is 25.0 Å². The summed E-state index contributed by atoms with van der Waals surface area (Å²) < 4.78 is 33.8. The Morgan fingerprint density at radius 3 is 2.78 bits per heavy atom. The van der Waals surface area contributed by atoms with Crippen molar-refractivity contribution in [2.75, 3.05) is 32.1 Å². The molecule has 0 unspecified atom stereocenters. The summed E-state index contributed by atoms with van der Waals surface area (Å²) in [7, 11) is -1.61. The molecule has 0 atom stereocenters. The lowest BCUT2D eigenvalue weighted by atomic mass is 9.93. The van der Waals surface area contributed by atoms with Crippen molar-refractivity contribution in [3.63, 3.8) is 0 Å². The third-order valence-corrected chi connectivity index (χ3v) is 9.48. The van der Waals surface area contributed by atoms with Crippen molar-refractivity contribution in [1.82, 2.24) is 14.6 Å². The first-order valence-corrected chi connectivity index (χ1v) is 14.8. The number of aromatic nitrogens is 1. The van der Waals surface area contributed by atoms with Gasteiger partial charge in [0, 0.05) is 30.9 Å². The fraction of sp³-hybridized carbons (Fsp3) is 0.500. The molecule has 3 aliphatic rings. The zero-order valence-electron chi connectivity index (χ0n) is 21.7. The minimum atomic E-state index is -3.71. The second-order valence-electron chi connectivity index (χ2n) is 10.5. The summed E-state index contributed by atoms with van der Waals surface area (Å²) in [5, 5.41) is 2.43. The molecule has 9 heteroatoms. The molecule has 37 heavy (non-hydrogen) atoms. The fourth-order valence-electron chi connectivity index (χ4n) is 5.85. The maximum absolute atomic E-state index is 13.0. The van der Waals surface area contributed by atoms with E-state index < -0.39 is 21.3 Å². The summed E-state index contributed by atoms with van der Waals surface area (Å²) in [6, 6.07) is 5.28. The van der Waals surface area contributed by atoms with E-state index in [9.17, 15) is 13.2 Å². The van der Waals surface area contributed by atoms with E-state index in [1.54, 1.807) is 6.20 Å². The van der Waals surface area contributed by atoms with E-state index in [0.29, 0.717) is 31.0 Å². The largest absolute Gasteiger partial charge is 0.473 e. The zero-order valence-corrected chi connectivity index (χ0v) is 22.5. The topological polar surface area (TPSA) is 101 Å². The van der Waals surface area contributed by atoms with E-state index in [1.807, 2.05) is 19.1 Å². The van der Waals surface area contributed by atoms with Crippen molar-refractivity contribution in [3.05, 3.63) is 52.7 Å². The van der Waals surface area contributed by atoms with Crippen molar-refractivity contribution in [2.24, 2.45) is 0 Å². The molecule has 1 aliphatic heterocycles. The number of hydrogen-bond donors (Lipinski definition) is 2. The SMILES string of the molecule is Cc1cc2c(c(NC(=O)NS(=O)(=O)C3CCCC3)c1-c1ccnc(OCC3=CCCN(C)C3)c1)CCC2. The van der Waals surface area contributed by atoms with Crippen LogP contribution < -0.4 is 14.8 Å². The molecule has 0 saturated heterocycles. The quantitative estimate of drug-likeness (QED) is 0.514. The second kappa shape index (κ2) is 10.8. The van der Waals surface area contributed by atoms with Crippen molar-refractivity contribution >= 4 is 21.7 Å². The van der Waals surface area contributed by atoms with Crippen LogP contribution in [0.1, 0.15) is 55.2 Å². The number of fused-ring (bicyclic) bond motifs is 1. The van der Waals surface area contributed by atoms with Gasteiger partial charge in [-0.3, -0.25) is 0 Å². The number of nitrogens with zero attached hydrogens (tertiary/aromatic N) is 2. The van der Waals surface area contributed by atoms with Crippen molar-refractivity contribution < 1.29 is 17.9 Å². The van der Waals surface area contributed by atoms with Gasteiger partial charge >= 0.3 is 6.03 Å². The maximum atomic E-state index is 13.0. The fourth-order valence-corrected chi connectivity index (χ4v) is 7.28. The minimum absolute atomic E-state index is 0.483. The van der Waals surface area contributed by atoms with Gasteiger partial charge in [-0.2, -0.15) is 0 Å². The molecule has 8 nitrogen and oxygen atoms in total. The molecular weight excluding hydrogens is 488 g/mol. The predicted octanol–water partition coefficient (Wildman–Crippen LogP) is 4.58. The Bertz CT molecular complexity index is 1320. The van der Waals surface area contributed by atoms with Crippen LogP contribution in [-0.4, -0.2) is 56.3 Å². The lowest BCUT2D eigenvalue weighted by Gasteiger charge is -2.23. The van der Waals surface area contributed by atoms with Gasteiger partial charge in [0.25, 0.3) is 0 Å². The molecule has 5 rings (SSSR count). The van der Waals surface area contributed by atoms with Crippen molar-refractivity contribution in [1.29, 1.82) is 0 Å². The number of urea groups is 1. The van der Waals surface area contributed by atoms with Crippen LogP contribution >= 0.6 is 0 Å². The number of rotatable bonds is 7. The van der Waals surface area contributed by atoms with Gasteiger partial charge in [-0.05, 0) is 86.4 Å². The van der Waals surface area contributed by atoms with Gasteiger partial charge in [-0.15, -0.1) is 0 Å². The Kier molecular flexibility index (Phi) is 7.53. The molecular formula is C28H36N4O4S.